The summed E-state index contributed by atoms with van der Waals surface area (Å²) in [5.41, 5.74) is 1.80. The zero-order valence-electron chi connectivity index (χ0n) is 10.5. The van der Waals surface area contributed by atoms with Gasteiger partial charge in [-0.3, -0.25) is 4.90 Å². The Morgan fingerprint density at radius 3 is 2.76 bits per heavy atom. The predicted molar refractivity (Wildman–Crippen MR) is 64.8 cm³/mol. The van der Waals surface area contributed by atoms with E-state index in [4.69, 9.17) is 4.74 Å². The van der Waals surface area contributed by atoms with E-state index < -0.39 is 5.60 Å². The summed E-state index contributed by atoms with van der Waals surface area (Å²) >= 11 is 0. The predicted octanol–water partition coefficient (Wildman–Crippen LogP) is 2.69. The average Bonchev–Trinajstić information content (AvgIpc) is 2.50. The number of rotatable bonds is 0. The first-order chi connectivity index (χ1) is 7.99. The molecule has 1 aromatic carbocycles. The van der Waals surface area contributed by atoms with Crippen LogP contribution in [0.4, 0.5) is 4.79 Å². The van der Waals surface area contributed by atoms with Gasteiger partial charge in [-0.2, -0.15) is 0 Å². The van der Waals surface area contributed by atoms with Crippen molar-refractivity contribution in [3.05, 3.63) is 35.4 Å². The quantitative estimate of drug-likeness (QED) is 0.687. The van der Waals surface area contributed by atoms with Gasteiger partial charge in [0.2, 0.25) is 0 Å². The molecule has 1 amide bonds. The number of hydrogen-bond donors (Lipinski definition) is 0. The number of benzene rings is 1. The largest absolute Gasteiger partial charge is 0.440 e. The fraction of sp³-hybridized carbons (Fsp3) is 0.500. The first-order valence-corrected chi connectivity index (χ1v) is 6.04. The minimum Gasteiger partial charge on any atom is -0.440 e. The number of aryl methyl sites for hydroxylation is 1. The van der Waals surface area contributed by atoms with Crippen LogP contribution in [-0.4, -0.2) is 23.6 Å². The highest BCUT2D eigenvalue weighted by molar-refractivity contribution is 5.73. The Labute approximate surface area is 101 Å². The summed E-state index contributed by atoms with van der Waals surface area (Å²) in [6.45, 7) is 4.15. The number of carbonyl (C=O) groups excluding carboxylic acids is 1. The molecule has 1 fully saturated rings. The lowest BCUT2D eigenvalue weighted by Gasteiger charge is -2.45. The van der Waals surface area contributed by atoms with Gasteiger partial charge in [0.15, 0.2) is 0 Å². The third kappa shape index (κ3) is 1.09. The molecule has 1 saturated heterocycles. The fourth-order valence-corrected chi connectivity index (χ4v) is 3.24. The molecular formula is C14H17NO2. The molecule has 0 N–H and O–H groups in total. The molecule has 17 heavy (non-hydrogen) atoms. The topological polar surface area (TPSA) is 29.5 Å². The third-order valence-electron chi connectivity index (χ3n) is 4.70. The van der Waals surface area contributed by atoms with E-state index in [1.165, 1.54) is 11.1 Å². The fourth-order valence-electron chi connectivity index (χ4n) is 3.24. The van der Waals surface area contributed by atoms with Gasteiger partial charge < -0.3 is 4.74 Å². The van der Waals surface area contributed by atoms with E-state index in [2.05, 4.69) is 25.1 Å². The van der Waals surface area contributed by atoms with Gasteiger partial charge in [-0.05, 0) is 37.8 Å². The number of ether oxygens (including phenoxy) is 1. The van der Waals surface area contributed by atoms with Crippen molar-refractivity contribution in [2.75, 3.05) is 7.05 Å². The van der Waals surface area contributed by atoms with E-state index in [0.717, 1.165) is 12.8 Å². The molecule has 1 aromatic rings. The van der Waals surface area contributed by atoms with Crippen LogP contribution in [0, 0.1) is 0 Å². The minimum absolute atomic E-state index is 0.216. The number of amides is 1. The second-order valence-corrected chi connectivity index (χ2v) is 5.39. The normalized spacial score (nSPS) is 35.2. The van der Waals surface area contributed by atoms with Crippen molar-refractivity contribution in [3.8, 4) is 0 Å². The lowest BCUT2D eigenvalue weighted by molar-refractivity contribution is -0.00633. The molecule has 0 saturated carbocycles. The van der Waals surface area contributed by atoms with Crippen molar-refractivity contribution in [1.82, 2.24) is 4.90 Å². The van der Waals surface area contributed by atoms with Gasteiger partial charge in [0.05, 0.1) is 0 Å². The molecule has 0 bridgehead atoms. The van der Waals surface area contributed by atoms with Crippen LogP contribution >= 0.6 is 0 Å². The van der Waals surface area contributed by atoms with Gasteiger partial charge >= 0.3 is 6.09 Å². The number of fused-ring (bicyclic) bond motifs is 3. The number of hydrogen-bond acceptors (Lipinski definition) is 2. The monoisotopic (exact) mass is 231 g/mol. The maximum atomic E-state index is 11.9. The van der Waals surface area contributed by atoms with Crippen LogP contribution in [0.3, 0.4) is 0 Å². The molecule has 0 spiro atoms. The Morgan fingerprint density at radius 2 is 2.00 bits per heavy atom. The zero-order valence-corrected chi connectivity index (χ0v) is 10.5. The minimum atomic E-state index is -0.410. The molecule has 0 radical (unpaired) electrons. The lowest BCUT2D eigenvalue weighted by Crippen LogP contribution is -2.53. The number of nitrogens with zero attached hydrogens (tertiary/aromatic N) is 1. The molecule has 90 valence electrons. The summed E-state index contributed by atoms with van der Waals surface area (Å²) in [4.78, 5) is 13.6. The van der Waals surface area contributed by atoms with Gasteiger partial charge in [0.25, 0.3) is 0 Å². The Morgan fingerprint density at radius 1 is 1.29 bits per heavy atom. The van der Waals surface area contributed by atoms with Crippen molar-refractivity contribution in [2.24, 2.45) is 0 Å². The summed E-state index contributed by atoms with van der Waals surface area (Å²) in [7, 11) is 1.83. The van der Waals surface area contributed by atoms with E-state index in [1.807, 2.05) is 20.0 Å². The van der Waals surface area contributed by atoms with Crippen molar-refractivity contribution < 1.29 is 9.53 Å². The standard InChI is InChI=1S/C14H17NO2/c1-13-9-8-10-6-4-5-7-11(10)14(13,2)15(3)12(16)17-13/h4-7H,8-9H2,1-3H3/t13-,14-/m0/s1. The van der Waals surface area contributed by atoms with Gasteiger partial charge in [0.1, 0.15) is 11.1 Å². The van der Waals surface area contributed by atoms with E-state index >= 15 is 0 Å². The first kappa shape index (κ1) is 10.6. The van der Waals surface area contributed by atoms with Crippen molar-refractivity contribution in [1.29, 1.82) is 0 Å². The second kappa shape index (κ2) is 3.03. The summed E-state index contributed by atoms with van der Waals surface area (Å²) in [6.07, 6.45) is 1.65. The van der Waals surface area contributed by atoms with E-state index in [0.29, 0.717) is 0 Å². The average molecular weight is 231 g/mol. The molecule has 2 aliphatic rings. The maximum Gasteiger partial charge on any atom is 0.411 e. The van der Waals surface area contributed by atoms with E-state index in [1.54, 1.807) is 4.90 Å². The van der Waals surface area contributed by atoms with Crippen molar-refractivity contribution in [2.45, 2.75) is 37.8 Å². The molecule has 1 aliphatic carbocycles. The lowest BCUT2D eigenvalue weighted by atomic mass is 9.68. The summed E-state index contributed by atoms with van der Waals surface area (Å²) in [5.74, 6) is 0. The first-order valence-electron chi connectivity index (χ1n) is 6.04. The molecule has 3 heteroatoms. The van der Waals surface area contributed by atoms with Crippen LogP contribution in [-0.2, 0) is 16.7 Å². The summed E-state index contributed by atoms with van der Waals surface area (Å²) in [5, 5.41) is 0. The number of carbonyl (C=O) groups is 1. The highest BCUT2D eigenvalue weighted by atomic mass is 16.6. The molecule has 2 atom stereocenters. The van der Waals surface area contributed by atoms with Crippen LogP contribution < -0.4 is 0 Å². The molecule has 0 aromatic heterocycles. The molecule has 1 aliphatic heterocycles. The Bertz CT molecular complexity index is 499. The van der Waals surface area contributed by atoms with Crippen LogP contribution in [0.15, 0.2) is 24.3 Å². The van der Waals surface area contributed by atoms with Crippen LogP contribution in [0.2, 0.25) is 0 Å². The van der Waals surface area contributed by atoms with Crippen molar-refractivity contribution >= 4 is 6.09 Å². The Hall–Kier alpha value is -1.51. The van der Waals surface area contributed by atoms with Crippen LogP contribution in [0.1, 0.15) is 31.4 Å². The third-order valence-corrected chi connectivity index (χ3v) is 4.70. The highest BCUT2D eigenvalue weighted by Gasteiger charge is 2.61. The van der Waals surface area contributed by atoms with Gasteiger partial charge in [-0.15, -0.1) is 0 Å². The molecule has 1 heterocycles. The SMILES string of the molecule is CN1C(=O)O[C@@]2(C)CCc3ccccc3[C@]12C. The van der Waals surface area contributed by atoms with E-state index in [-0.39, 0.29) is 11.6 Å². The van der Waals surface area contributed by atoms with Gasteiger partial charge in [-0.25, -0.2) is 4.79 Å². The van der Waals surface area contributed by atoms with Crippen molar-refractivity contribution in [3.63, 3.8) is 0 Å². The van der Waals surface area contributed by atoms with E-state index in [9.17, 15) is 4.79 Å². The van der Waals surface area contributed by atoms with Gasteiger partial charge in [-0.1, -0.05) is 24.3 Å². The van der Waals surface area contributed by atoms with Crippen LogP contribution in [0.5, 0.6) is 0 Å². The Balaban J connectivity index is 2.25. The molecule has 3 nitrogen and oxygen atoms in total. The molecule has 3 rings (SSSR count). The second-order valence-electron chi connectivity index (χ2n) is 5.39. The van der Waals surface area contributed by atoms with Gasteiger partial charge in [0, 0.05) is 7.05 Å². The summed E-state index contributed by atoms with van der Waals surface area (Å²) in [6, 6.07) is 8.36. The van der Waals surface area contributed by atoms with Crippen LogP contribution in [0.25, 0.3) is 0 Å². The maximum absolute atomic E-state index is 11.9. The summed E-state index contributed by atoms with van der Waals surface area (Å²) < 4.78 is 5.61. The Kier molecular flexibility index (Phi) is 1.90. The molecule has 0 unspecified atom stereocenters. The number of likely N-dealkylation sites (N-methyl/N-ethyl adjacent to an activating group) is 1. The smallest absolute Gasteiger partial charge is 0.411 e. The zero-order chi connectivity index (χ0) is 12.3. The highest BCUT2D eigenvalue weighted by Crippen LogP contribution is 2.52. The molecular weight excluding hydrogens is 214 g/mol.